The zero-order valence-corrected chi connectivity index (χ0v) is 14.7. The van der Waals surface area contributed by atoms with Crippen LogP contribution in [0.5, 0.6) is 0 Å². The van der Waals surface area contributed by atoms with Crippen molar-refractivity contribution in [3.05, 3.63) is 42.0 Å². The SMILES string of the molecule is Cc1nc2ccc(N3CCN(c4ccc5nncn5n4)CC3)nn2c1C. The molecule has 1 saturated heterocycles. The molecule has 4 aromatic heterocycles. The summed E-state index contributed by atoms with van der Waals surface area (Å²) in [7, 11) is 0. The van der Waals surface area contributed by atoms with E-state index in [4.69, 9.17) is 5.10 Å². The van der Waals surface area contributed by atoms with Gasteiger partial charge in [0.05, 0.1) is 11.4 Å². The van der Waals surface area contributed by atoms with Gasteiger partial charge in [0, 0.05) is 26.2 Å². The third-order valence-corrected chi connectivity index (χ3v) is 5.00. The Labute approximate surface area is 149 Å². The van der Waals surface area contributed by atoms with Gasteiger partial charge in [-0.2, -0.15) is 4.52 Å². The van der Waals surface area contributed by atoms with Crippen molar-refractivity contribution in [3.63, 3.8) is 0 Å². The van der Waals surface area contributed by atoms with Crippen molar-refractivity contribution >= 4 is 22.9 Å². The van der Waals surface area contributed by atoms with Crippen LogP contribution in [-0.4, -0.2) is 60.6 Å². The highest BCUT2D eigenvalue weighted by molar-refractivity contribution is 5.50. The molecule has 5 heterocycles. The predicted molar refractivity (Wildman–Crippen MR) is 97.7 cm³/mol. The van der Waals surface area contributed by atoms with Gasteiger partial charge in [0.2, 0.25) is 0 Å². The van der Waals surface area contributed by atoms with Crippen LogP contribution in [0.25, 0.3) is 11.3 Å². The fourth-order valence-electron chi connectivity index (χ4n) is 3.36. The first-order valence-corrected chi connectivity index (χ1v) is 8.69. The molecule has 0 N–H and O–H groups in total. The average molecular weight is 349 g/mol. The number of aromatic nitrogens is 7. The molecule has 0 saturated carbocycles. The number of hydrogen-bond donors (Lipinski definition) is 0. The largest absolute Gasteiger partial charge is 0.352 e. The van der Waals surface area contributed by atoms with Gasteiger partial charge in [0.1, 0.15) is 18.0 Å². The highest BCUT2D eigenvalue weighted by Crippen LogP contribution is 2.19. The smallest absolute Gasteiger partial charge is 0.177 e. The van der Waals surface area contributed by atoms with Crippen LogP contribution >= 0.6 is 0 Å². The number of nitrogens with zero attached hydrogens (tertiary/aromatic N) is 9. The Morgan fingerprint density at radius 3 is 2.19 bits per heavy atom. The molecule has 0 radical (unpaired) electrons. The highest BCUT2D eigenvalue weighted by atomic mass is 15.4. The molecule has 1 aliphatic rings. The summed E-state index contributed by atoms with van der Waals surface area (Å²) in [4.78, 5) is 9.11. The summed E-state index contributed by atoms with van der Waals surface area (Å²) in [6.45, 7) is 7.64. The van der Waals surface area contributed by atoms with E-state index in [-0.39, 0.29) is 0 Å². The molecule has 0 spiro atoms. The summed E-state index contributed by atoms with van der Waals surface area (Å²) in [6, 6.07) is 8.04. The van der Waals surface area contributed by atoms with Gasteiger partial charge in [0.25, 0.3) is 0 Å². The third-order valence-electron chi connectivity index (χ3n) is 5.00. The van der Waals surface area contributed by atoms with Gasteiger partial charge < -0.3 is 9.80 Å². The van der Waals surface area contributed by atoms with E-state index in [2.05, 4.69) is 43.1 Å². The molecular formula is C17H19N9. The summed E-state index contributed by atoms with van der Waals surface area (Å²) >= 11 is 0. The number of imidazole rings is 1. The number of aryl methyl sites for hydroxylation is 2. The first-order chi connectivity index (χ1) is 12.7. The van der Waals surface area contributed by atoms with Crippen molar-refractivity contribution in [3.8, 4) is 0 Å². The van der Waals surface area contributed by atoms with Crippen molar-refractivity contribution in [1.29, 1.82) is 0 Å². The molecule has 26 heavy (non-hydrogen) atoms. The lowest BCUT2D eigenvalue weighted by Gasteiger charge is -2.35. The minimum absolute atomic E-state index is 0.760. The quantitative estimate of drug-likeness (QED) is 0.536. The van der Waals surface area contributed by atoms with Crippen molar-refractivity contribution < 1.29 is 0 Å². The van der Waals surface area contributed by atoms with Crippen LogP contribution in [0, 0.1) is 13.8 Å². The topological polar surface area (TPSA) is 79.8 Å². The van der Waals surface area contributed by atoms with Gasteiger partial charge in [-0.3, -0.25) is 0 Å². The van der Waals surface area contributed by atoms with Gasteiger partial charge in [-0.1, -0.05) is 0 Å². The van der Waals surface area contributed by atoms with Crippen LogP contribution < -0.4 is 9.80 Å². The van der Waals surface area contributed by atoms with E-state index in [1.807, 2.05) is 29.6 Å². The second kappa shape index (κ2) is 5.65. The van der Waals surface area contributed by atoms with Crippen molar-refractivity contribution in [1.82, 2.24) is 34.4 Å². The molecule has 0 aromatic carbocycles. The Morgan fingerprint density at radius 2 is 1.46 bits per heavy atom. The molecule has 5 rings (SSSR count). The molecule has 0 unspecified atom stereocenters. The lowest BCUT2D eigenvalue weighted by atomic mass is 10.3. The molecular weight excluding hydrogens is 330 g/mol. The van der Waals surface area contributed by atoms with E-state index in [9.17, 15) is 0 Å². The summed E-state index contributed by atoms with van der Waals surface area (Å²) < 4.78 is 3.64. The molecule has 1 aliphatic heterocycles. The minimum Gasteiger partial charge on any atom is -0.352 e. The Kier molecular flexibility index (Phi) is 3.27. The van der Waals surface area contributed by atoms with Crippen LogP contribution in [-0.2, 0) is 0 Å². The van der Waals surface area contributed by atoms with Gasteiger partial charge in [-0.25, -0.2) is 9.50 Å². The molecule has 4 aromatic rings. The molecule has 0 bridgehead atoms. The predicted octanol–water partition coefficient (Wildman–Crippen LogP) is 1.11. The molecule has 0 aliphatic carbocycles. The van der Waals surface area contributed by atoms with Crippen LogP contribution in [0.15, 0.2) is 30.6 Å². The van der Waals surface area contributed by atoms with Gasteiger partial charge >= 0.3 is 0 Å². The Balaban J connectivity index is 1.35. The molecule has 132 valence electrons. The fourth-order valence-corrected chi connectivity index (χ4v) is 3.36. The molecule has 9 nitrogen and oxygen atoms in total. The van der Waals surface area contributed by atoms with E-state index in [1.165, 1.54) is 0 Å². The first kappa shape index (κ1) is 15.1. The van der Waals surface area contributed by atoms with Crippen molar-refractivity contribution in [2.75, 3.05) is 36.0 Å². The van der Waals surface area contributed by atoms with Crippen molar-refractivity contribution in [2.45, 2.75) is 13.8 Å². The maximum absolute atomic E-state index is 4.78. The van der Waals surface area contributed by atoms with Gasteiger partial charge in [-0.15, -0.1) is 20.4 Å². The van der Waals surface area contributed by atoms with Crippen LogP contribution in [0.3, 0.4) is 0 Å². The first-order valence-electron chi connectivity index (χ1n) is 8.69. The monoisotopic (exact) mass is 349 g/mol. The Bertz CT molecular complexity index is 1090. The maximum Gasteiger partial charge on any atom is 0.177 e. The van der Waals surface area contributed by atoms with E-state index < -0.39 is 0 Å². The molecule has 0 atom stereocenters. The second-order valence-corrected chi connectivity index (χ2v) is 6.54. The van der Waals surface area contributed by atoms with E-state index in [0.29, 0.717) is 0 Å². The summed E-state index contributed by atoms with van der Waals surface area (Å²) in [5, 5.41) is 17.2. The zero-order valence-electron chi connectivity index (χ0n) is 14.7. The van der Waals surface area contributed by atoms with E-state index >= 15 is 0 Å². The lowest BCUT2D eigenvalue weighted by Crippen LogP contribution is -2.47. The van der Waals surface area contributed by atoms with E-state index in [0.717, 1.165) is 60.5 Å². The maximum atomic E-state index is 4.78. The van der Waals surface area contributed by atoms with Gasteiger partial charge in [0.15, 0.2) is 11.3 Å². The molecule has 0 amide bonds. The Morgan fingerprint density at radius 1 is 0.808 bits per heavy atom. The number of hydrogen-bond acceptors (Lipinski definition) is 7. The average Bonchev–Trinajstić information content (AvgIpc) is 3.26. The minimum atomic E-state index is 0.760. The highest BCUT2D eigenvalue weighted by Gasteiger charge is 2.20. The standard InChI is InChI=1S/C17H19N9/c1-12-13(2)26-14(19-12)3-5-17(22-26)24-9-7-23(8-10-24)16-6-4-15-20-18-11-25(15)21-16/h3-6,11H,7-10H2,1-2H3. The Hall–Kier alpha value is -3.23. The number of rotatable bonds is 2. The fraction of sp³-hybridized carbons (Fsp3) is 0.353. The van der Waals surface area contributed by atoms with E-state index in [1.54, 1.807) is 10.8 Å². The number of fused-ring (bicyclic) bond motifs is 2. The van der Waals surface area contributed by atoms with Gasteiger partial charge in [-0.05, 0) is 38.1 Å². The third kappa shape index (κ3) is 2.35. The number of piperazine rings is 1. The van der Waals surface area contributed by atoms with Crippen LogP contribution in [0.1, 0.15) is 11.4 Å². The van der Waals surface area contributed by atoms with Crippen molar-refractivity contribution in [2.24, 2.45) is 0 Å². The second-order valence-electron chi connectivity index (χ2n) is 6.54. The summed E-state index contributed by atoms with van der Waals surface area (Å²) in [6.07, 6.45) is 1.63. The summed E-state index contributed by atoms with van der Waals surface area (Å²) in [5.41, 5.74) is 3.77. The van der Waals surface area contributed by atoms with Crippen LogP contribution in [0.4, 0.5) is 11.6 Å². The lowest BCUT2D eigenvalue weighted by molar-refractivity contribution is 0.630. The van der Waals surface area contributed by atoms with Crippen LogP contribution in [0.2, 0.25) is 0 Å². The molecule has 1 fully saturated rings. The zero-order chi connectivity index (χ0) is 17.7. The summed E-state index contributed by atoms with van der Waals surface area (Å²) in [5.74, 6) is 1.93. The molecule has 9 heteroatoms. The normalized spacial score (nSPS) is 15.3. The number of anilines is 2.